The fourth-order valence-corrected chi connectivity index (χ4v) is 2.19. The molecule has 0 saturated heterocycles. The maximum atomic E-state index is 12.2. The number of aromatic nitrogens is 1. The van der Waals surface area contributed by atoms with E-state index < -0.39 is 6.10 Å². The van der Waals surface area contributed by atoms with Crippen molar-refractivity contribution in [1.29, 1.82) is 0 Å². The summed E-state index contributed by atoms with van der Waals surface area (Å²) in [7, 11) is 1.60. The van der Waals surface area contributed by atoms with Crippen LogP contribution in [0.25, 0.3) is 11.5 Å². The van der Waals surface area contributed by atoms with Gasteiger partial charge in [0.1, 0.15) is 11.5 Å². The van der Waals surface area contributed by atoms with Gasteiger partial charge in [0, 0.05) is 12.1 Å². The van der Waals surface area contributed by atoms with Crippen LogP contribution in [0.3, 0.4) is 0 Å². The number of benzene rings is 1. The van der Waals surface area contributed by atoms with Crippen molar-refractivity contribution in [2.75, 3.05) is 13.7 Å². The molecule has 0 aliphatic rings. The van der Waals surface area contributed by atoms with Gasteiger partial charge in [0.15, 0.2) is 5.69 Å². The molecule has 1 atom stereocenters. The molecule has 6 nitrogen and oxygen atoms in total. The van der Waals surface area contributed by atoms with Gasteiger partial charge < -0.3 is 19.6 Å². The number of amides is 1. The second kappa shape index (κ2) is 7.78. The number of rotatable bonds is 7. The minimum absolute atomic E-state index is 0.205. The minimum Gasteiger partial charge on any atom is -0.497 e. The average molecular weight is 318 g/mol. The first-order chi connectivity index (χ1) is 11.0. The second-order valence-electron chi connectivity index (χ2n) is 5.30. The predicted molar refractivity (Wildman–Crippen MR) is 86.5 cm³/mol. The monoisotopic (exact) mass is 318 g/mol. The number of hydrogen-bond acceptors (Lipinski definition) is 5. The number of nitrogens with one attached hydrogen (secondary N) is 1. The highest BCUT2D eigenvalue weighted by Gasteiger charge is 2.18. The van der Waals surface area contributed by atoms with Crippen LogP contribution in [0.2, 0.25) is 0 Å². The lowest BCUT2D eigenvalue weighted by Gasteiger charge is -2.09. The molecule has 0 fully saturated rings. The quantitative estimate of drug-likeness (QED) is 0.819. The summed E-state index contributed by atoms with van der Waals surface area (Å²) >= 11 is 0. The fraction of sp³-hybridized carbons (Fsp3) is 0.412. The van der Waals surface area contributed by atoms with E-state index in [9.17, 15) is 9.90 Å². The van der Waals surface area contributed by atoms with Crippen LogP contribution < -0.4 is 10.1 Å². The Morgan fingerprint density at radius 3 is 2.70 bits per heavy atom. The number of carbonyl (C=O) groups excluding carboxylic acids is 1. The zero-order valence-corrected chi connectivity index (χ0v) is 13.6. The number of hydrogen-bond donors (Lipinski definition) is 2. The first-order valence-electron chi connectivity index (χ1n) is 7.63. The van der Waals surface area contributed by atoms with Gasteiger partial charge in [-0.15, -0.1) is 0 Å². The van der Waals surface area contributed by atoms with E-state index in [1.54, 1.807) is 26.2 Å². The third kappa shape index (κ3) is 4.32. The first kappa shape index (κ1) is 17.0. The molecule has 0 bridgehead atoms. The van der Waals surface area contributed by atoms with E-state index in [1.807, 2.05) is 19.1 Å². The van der Waals surface area contributed by atoms with Crippen LogP contribution in [0, 0.1) is 6.92 Å². The predicted octanol–water partition coefficient (Wildman–Crippen LogP) is 2.55. The van der Waals surface area contributed by atoms with Gasteiger partial charge in [-0.05, 0) is 37.6 Å². The van der Waals surface area contributed by atoms with E-state index in [1.165, 1.54) is 0 Å². The number of nitrogens with zero attached hydrogens (tertiary/aromatic N) is 1. The van der Waals surface area contributed by atoms with E-state index >= 15 is 0 Å². The lowest BCUT2D eigenvalue weighted by molar-refractivity contribution is 0.0904. The molecule has 1 unspecified atom stereocenters. The normalized spacial score (nSPS) is 12.0. The van der Waals surface area contributed by atoms with Crippen molar-refractivity contribution in [3.05, 3.63) is 35.7 Å². The maximum Gasteiger partial charge on any atom is 0.273 e. The molecule has 0 spiro atoms. The topological polar surface area (TPSA) is 84.6 Å². The highest BCUT2D eigenvalue weighted by atomic mass is 16.5. The molecule has 6 heteroatoms. The molecule has 0 aliphatic heterocycles. The molecule has 0 saturated carbocycles. The molecule has 2 aromatic rings. The molecule has 2 rings (SSSR count). The van der Waals surface area contributed by atoms with Crippen LogP contribution in [-0.4, -0.2) is 35.8 Å². The Balaban J connectivity index is 2.09. The van der Waals surface area contributed by atoms with Gasteiger partial charge >= 0.3 is 0 Å². The Kier molecular flexibility index (Phi) is 5.76. The summed E-state index contributed by atoms with van der Waals surface area (Å²) in [4.78, 5) is 16.4. The molecule has 1 heterocycles. The Morgan fingerprint density at radius 1 is 1.39 bits per heavy atom. The van der Waals surface area contributed by atoms with E-state index in [0.29, 0.717) is 18.1 Å². The van der Waals surface area contributed by atoms with Crippen molar-refractivity contribution in [1.82, 2.24) is 10.3 Å². The third-order valence-electron chi connectivity index (χ3n) is 3.47. The smallest absolute Gasteiger partial charge is 0.273 e. The summed E-state index contributed by atoms with van der Waals surface area (Å²) in [5.41, 5.74) is 0.999. The van der Waals surface area contributed by atoms with Gasteiger partial charge in [0.25, 0.3) is 5.91 Å². The zero-order valence-electron chi connectivity index (χ0n) is 13.6. The number of aryl methyl sites for hydroxylation is 1. The zero-order chi connectivity index (χ0) is 16.8. The minimum atomic E-state index is -0.544. The van der Waals surface area contributed by atoms with Crippen LogP contribution in [0.15, 0.2) is 28.7 Å². The first-order valence-corrected chi connectivity index (χ1v) is 7.63. The van der Waals surface area contributed by atoms with Gasteiger partial charge in [-0.3, -0.25) is 4.79 Å². The number of ether oxygens (including phenoxy) is 1. The Bertz CT molecular complexity index is 649. The molecular formula is C17H22N2O4. The number of carbonyl (C=O) groups is 1. The average Bonchev–Trinajstić information content (AvgIpc) is 2.95. The van der Waals surface area contributed by atoms with Crippen LogP contribution in [0.1, 0.15) is 36.0 Å². The summed E-state index contributed by atoms with van der Waals surface area (Å²) in [6.07, 6.45) is 0.966. The molecule has 1 aromatic heterocycles. The van der Waals surface area contributed by atoms with E-state index in [2.05, 4.69) is 10.3 Å². The number of oxazole rings is 1. The Labute approximate surface area is 135 Å². The van der Waals surface area contributed by atoms with Gasteiger partial charge in [-0.25, -0.2) is 4.98 Å². The van der Waals surface area contributed by atoms with Crippen LogP contribution in [0.5, 0.6) is 5.75 Å². The number of methoxy groups -OCH3 is 1. The lowest BCUT2D eigenvalue weighted by Crippen LogP contribution is -2.32. The standard InChI is InChI=1S/C17H22N2O4/c1-4-5-13(20)10-18-16(21)15-11(2)23-17(19-15)12-6-8-14(22-3)9-7-12/h6-9,13,20H,4-5,10H2,1-3H3,(H,18,21). The van der Waals surface area contributed by atoms with E-state index in [0.717, 1.165) is 17.7 Å². The molecule has 124 valence electrons. The van der Waals surface area contributed by atoms with Crippen LogP contribution in [0.4, 0.5) is 0 Å². The molecule has 1 aromatic carbocycles. The summed E-state index contributed by atoms with van der Waals surface area (Å²) in [6, 6.07) is 7.24. The van der Waals surface area contributed by atoms with Gasteiger partial charge in [-0.2, -0.15) is 0 Å². The molecular weight excluding hydrogens is 296 g/mol. The summed E-state index contributed by atoms with van der Waals surface area (Å²) < 4.78 is 10.7. The van der Waals surface area contributed by atoms with Crippen molar-refractivity contribution in [3.63, 3.8) is 0 Å². The SMILES string of the molecule is CCCC(O)CNC(=O)c1nc(-c2ccc(OC)cc2)oc1C. The Hall–Kier alpha value is -2.34. The highest BCUT2D eigenvalue weighted by molar-refractivity contribution is 5.93. The molecule has 1 amide bonds. The van der Waals surface area contributed by atoms with Gasteiger partial charge in [-0.1, -0.05) is 13.3 Å². The second-order valence-corrected chi connectivity index (χ2v) is 5.30. The highest BCUT2D eigenvalue weighted by Crippen LogP contribution is 2.24. The van der Waals surface area contributed by atoms with Crippen molar-refractivity contribution in [2.24, 2.45) is 0 Å². The number of aliphatic hydroxyl groups excluding tert-OH is 1. The summed E-state index contributed by atoms with van der Waals surface area (Å²) in [6.45, 7) is 3.88. The van der Waals surface area contributed by atoms with Gasteiger partial charge in [0.2, 0.25) is 5.89 Å². The molecule has 0 radical (unpaired) electrons. The molecule has 0 aliphatic carbocycles. The summed E-state index contributed by atoms with van der Waals surface area (Å²) in [5.74, 6) is 1.21. The lowest BCUT2D eigenvalue weighted by atomic mass is 10.2. The van der Waals surface area contributed by atoms with Crippen molar-refractivity contribution >= 4 is 5.91 Å². The summed E-state index contributed by atoms with van der Waals surface area (Å²) in [5, 5.41) is 12.4. The van der Waals surface area contributed by atoms with Crippen LogP contribution in [-0.2, 0) is 0 Å². The molecule has 23 heavy (non-hydrogen) atoms. The Morgan fingerprint density at radius 2 is 2.09 bits per heavy atom. The maximum absolute atomic E-state index is 12.2. The van der Waals surface area contributed by atoms with Crippen molar-refractivity contribution in [2.45, 2.75) is 32.8 Å². The van der Waals surface area contributed by atoms with E-state index in [4.69, 9.17) is 9.15 Å². The third-order valence-corrected chi connectivity index (χ3v) is 3.47. The van der Waals surface area contributed by atoms with Crippen molar-refractivity contribution in [3.8, 4) is 17.2 Å². The van der Waals surface area contributed by atoms with Crippen LogP contribution >= 0.6 is 0 Å². The fourth-order valence-electron chi connectivity index (χ4n) is 2.19. The largest absolute Gasteiger partial charge is 0.497 e. The van der Waals surface area contributed by atoms with Gasteiger partial charge in [0.05, 0.1) is 13.2 Å². The number of aliphatic hydroxyl groups is 1. The van der Waals surface area contributed by atoms with Crippen molar-refractivity contribution < 1.29 is 19.1 Å². The molecule has 2 N–H and O–H groups in total. The van der Waals surface area contributed by atoms with E-state index in [-0.39, 0.29) is 18.1 Å².